The van der Waals surface area contributed by atoms with Crippen LogP contribution in [0.3, 0.4) is 0 Å². The molecule has 5 heteroatoms. The van der Waals surface area contributed by atoms with Crippen molar-refractivity contribution in [1.82, 2.24) is 14.5 Å². The Morgan fingerprint density at radius 3 is 2.50 bits per heavy atom. The molecule has 1 aromatic carbocycles. The van der Waals surface area contributed by atoms with E-state index in [4.69, 9.17) is 4.98 Å². The fourth-order valence-electron chi connectivity index (χ4n) is 4.03. The summed E-state index contributed by atoms with van der Waals surface area (Å²) in [5, 5.41) is 2.07. The van der Waals surface area contributed by atoms with E-state index in [-0.39, 0.29) is 11.4 Å². The summed E-state index contributed by atoms with van der Waals surface area (Å²) >= 11 is 1.67. The summed E-state index contributed by atoms with van der Waals surface area (Å²) in [7, 11) is 1.87. The molecule has 1 aliphatic heterocycles. The number of thiophene rings is 1. The SMILES string of the molecule is CC.CC(C)Cc1ccc2c(c1)-n1c(-c3cccs3)nc(C(=O)N(C)C(C)(C)C)c1CC2. The summed E-state index contributed by atoms with van der Waals surface area (Å²) in [4.78, 5) is 21.3. The predicted molar refractivity (Wildman–Crippen MR) is 136 cm³/mol. The molecule has 0 unspecified atom stereocenters. The van der Waals surface area contributed by atoms with Gasteiger partial charge in [-0.25, -0.2) is 4.98 Å². The zero-order valence-corrected chi connectivity index (χ0v) is 21.6. The molecule has 4 rings (SSSR count). The van der Waals surface area contributed by atoms with E-state index in [9.17, 15) is 4.79 Å². The second-order valence-corrected chi connectivity index (χ2v) is 10.6. The first-order chi connectivity index (χ1) is 15.2. The van der Waals surface area contributed by atoms with E-state index in [0.29, 0.717) is 11.6 Å². The average molecular weight is 452 g/mol. The first-order valence-corrected chi connectivity index (χ1v) is 12.6. The second kappa shape index (κ2) is 9.62. The summed E-state index contributed by atoms with van der Waals surface area (Å²) < 4.78 is 2.25. The van der Waals surface area contributed by atoms with E-state index in [1.807, 2.05) is 27.0 Å². The highest BCUT2D eigenvalue weighted by atomic mass is 32.1. The van der Waals surface area contributed by atoms with Gasteiger partial charge in [0, 0.05) is 12.6 Å². The van der Waals surface area contributed by atoms with Crippen molar-refractivity contribution in [2.45, 2.75) is 73.3 Å². The molecule has 0 N–H and O–H groups in total. The Kier molecular flexibility index (Phi) is 7.29. The quantitative estimate of drug-likeness (QED) is 0.438. The maximum absolute atomic E-state index is 13.4. The van der Waals surface area contributed by atoms with Crippen LogP contribution in [-0.2, 0) is 19.3 Å². The Morgan fingerprint density at radius 2 is 1.91 bits per heavy atom. The molecule has 0 saturated carbocycles. The number of carbonyl (C=O) groups is 1. The molecule has 0 saturated heterocycles. The molecular formula is C27H37N3OS. The molecule has 0 radical (unpaired) electrons. The van der Waals surface area contributed by atoms with Crippen LogP contribution in [0.15, 0.2) is 35.7 Å². The normalized spacial score (nSPS) is 12.7. The number of nitrogens with zero attached hydrogens (tertiary/aromatic N) is 3. The number of imidazole rings is 1. The number of aryl methyl sites for hydroxylation is 1. The Morgan fingerprint density at radius 1 is 1.19 bits per heavy atom. The summed E-state index contributed by atoms with van der Waals surface area (Å²) in [6, 6.07) is 11.0. The predicted octanol–water partition coefficient (Wildman–Crippen LogP) is 6.79. The highest BCUT2D eigenvalue weighted by Gasteiger charge is 2.32. The van der Waals surface area contributed by atoms with Gasteiger partial charge in [0.1, 0.15) is 0 Å². The number of amides is 1. The first-order valence-electron chi connectivity index (χ1n) is 11.7. The van der Waals surface area contributed by atoms with Crippen LogP contribution in [0.5, 0.6) is 0 Å². The lowest BCUT2D eigenvalue weighted by molar-refractivity contribution is 0.0649. The Balaban J connectivity index is 0.00000141. The van der Waals surface area contributed by atoms with Crippen molar-refractivity contribution in [2.75, 3.05) is 7.05 Å². The molecule has 0 bridgehead atoms. The van der Waals surface area contributed by atoms with Gasteiger partial charge in [0.2, 0.25) is 0 Å². The topological polar surface area (TPSA) is 38.1 Å². The highest BCUT2D eigenvalue weighted by Crippen LogP contribution is 2.36. The summed E-state index contributed by atoms with van der Waals surface area (Å²) in [6.07, 6.45) is 2.81. The van der Waals surface area contributed by atoms with Gasteiger partial charge in [-0.15, -0.1) is 11.3 Å². The standard InChI is InChI=1S/C25H31N3OS.C2H6/c1-16(2)14-17-9-10-18-11-12-19-22(24(29)27(6)25(3,4)5)26-23(21-8-7-13-30-21)28(19)20(18)15-17;1-2/h7-10,13,15-16H,11-12,14H2,1-6H3;1-2H3. The number of carbonyl (C=O) groups excluding carboxylic acids is 1. The van der Waals surface area contributed by atoms with Crippen molar-refractivity contribution in [1.29, 1.82) is 0 Å². The van der Waals surface area contributed by atoms with Crippen LogP contribution in [0, 0.1) is 5.92 Å². The number of rotatable bonds is 4. The lowest BCUT2D eigenvalue weighted by Crippen LogP contribution is -2.43. The molecule has 1 amide bonds. The number of fused-ring (bicyclic) bond motifs is 3. The van der Waals surface area contributed by atoms with Gasteiger partial charge in [-0.05, 0) is 74.6 Å². The average Bonchev–Trinajstić information content (AvgIpc) is 3.41. The van der Waals surface area contributed by atoms with Gasteiger partial charge < -0.3 is 4.90 Å². The number of hydrogen-bond donors (Lipinski definition) is 0. The van der Waals surface area contributed by atoms with Gasteiger partial charge in [-0.2, -0.15) is 0 Å². The second-order valence-electron chi connectivity index (χ2n) is 9.64. The lowest BCUT2D eigenvalue weighted by atomic mass is 9.95. The van der Waals surface area contributed by atoms with Crippen LogP contribution < -0.4 is 0 Å². The Labute approximate surface area is 197 Å². The van der Waals surface area contributed by atoms with Crippen molar-refractivity contribution in [2.24, 2.45) is 5.92 Å². The van der Waals surface area contributed by atoms with Crippen LogP contribution in [-0.4, -0.2) is 32.9 Å². The molecule has 0 aliphatic carbocycles. The third kappa shape index (κ3) is 4.68. The minimum atomic E-state index is -0.256. The molecule has 4 nitrogen and oxygen atoms in total. The van der Waals surface area contributed by atoms with E-state index in [1.165, 1.54) is 16.8 Å². The molecule has 1 aliphatic rings. The molecular weight excluding hydrogens is 414 g/mol. The van der Waals surface area contributed by atoms with Gasteiger partial charge in [0.25, 0.3) is 5.91 Å². The molecule has 0 spiro atoms. The van der Waals surface area contributed by atoms with Crippen molar-refractivity contribution in [3.63, 3.8) is 0 Å². The van der Waals surface area contributed by atoms with Crippen molar-refractivity contribution in [3.05, 3.63) is 58.2 Å². The molecule has 0 atom stereocenters. The fourth-order valence-corrected chi connectivity index (χ4v) is 4.73. The maximum Gasteiger partial charge on any atom is 0.274 e. The van der Waals surface area contributed by atoms with Crippen LogP contribution in [0.1, 0.15) is 75.8 Å². The Hall–Kier alpha value is -2.40. The Bertz CT molecular complexity index is 1070. The molecule has 172 valence electrons. The third-order valence-electron chi connectivity index (χ3n) is 5.89. The van der Waals surface area contributed by atoms with Gasteiger partial charge in [0.15, 0.2) is 11.5 Å². The summed E-state index contributed by atoms with van der Waals surface area (Å²) in [5.41, 5.74) is 5.22. The van der Waals surface area contributed by atoms with E-state index in [1.54, 1.807) is 16.2 Å². The van der Waals surface area contributed by atoms with Crippen molar-refractivity contribution in [3.8, 4) is 16.4 Å². The lowest BCUT2D eigenvalue weighted by Gasteiger charge is -2.32. The fraction of sp³-hybridized carbons (Fsp3) is 0.481. The van der Waals surface area contributed by atoms with Gasteiger partial charge in [-0.3, -0.25) is 9.36 Å². The largest absolute Gasteiger partial charge is 0.335 e. The molecule has 3 heterocycles. The van der Waals surface area contributed by atoms with Crippen molar-refractivity contribution < 1.29 is 4.79 Å². The van der Waals surface area contributed by atoms with Gasteiger partial charge in [-0.1, -0.05) is 45.9 Å². The van der Waals surface area contributed by atoms with Crippen LogP contribution >= 0.6 is 11.3 Å². The molecule has 3 aromatic rings. The smallest absolute Gasteiger partial charge is 0.274 e. The van der Waals surface area contributed by atoms with Crippen LogP contribution in [0.25, 0.3) is 16.4 Å². The van der Waals surface area contributed by atoms with Crippen LogP contribution in [0.2, 0.25) is 0 Å². The third-order valence-corrected chi connectivity index (χ3v) is 6.76. The zero-order valence-electron chi connectivity index (χ0n) is 20.8. The van der Waals surface area contributed by atoms with Crippen molar-refractivity contribution >= 4 is 17.2 Å². The van der Waals surface area contributed by atoms with Crippen LogP contribution in [0.4, 0.5) is 0 Å². The van der Waals surface area contributed by atoms with Gasteiger partial charge >= 0.3 is 0 Å². The monoisotopic (exact) mass is 451 g/mol. The minimum Gasteiger partial charge on any atom is -0.335 e. The zero-order chi connectivity index (χ0) is 23.6. The maximum atomic E-state index is 13.4. The molecule has 0 fully saturated rings. The number of benzene rings is 1. The van der Waals surface area contributed by atoms with E-state index < -0.39 is 0 Å². The molecule has 32 heavy (non-hydrogen) atoms. The minimum absolute atomic E-state index is 0.00385. The van der Waals surface area contributed by atoms with E-state index in [0.717, 1.165) is 35.7 Å². The summed E-state index contributed by atoms with van der Waals surface area (Å²) in [5.74, 6) is 1.48. The summed E-state index contributed by atoms with van der Waals surface area (Å²) in [6.45, 7) is 14.7. The number of aromatic nitrogens is 2. The van der Waals surface area contributed by atoms with E-state index in [2.05, 4.69) is 68.8 Å². The van der Waals surface area contributed by atoms with Gasteiger partial charge in [0.05, 0.1) is 16.3 Å². The first kappa shape index (κ1) is 24.2. The van der Waals surface area contributed by atoms with E-state index >= 15 is 0 Å². The molecule has 2 aromatic heterocycles. The number of hydrogen-bond acceptors (Lipinski definition) is 3. The highest BCUT2D eigenvalue weighted by molar-refractivity contribution is 7.13.